The molecule has 76 heavy (non-hydrogen) atoms. The van der Waals surface area contributed by atoms with Gasteiger partial charge in [0.05, 0.1) is 14.2 Å². The first-order valence-electron chi connectivity index (χ1n) is 24.6. The van der Waals surface area contributed by atoms with Crippen LogP contribution in [0.3, 0.4) is 0 Å². The molecule has 0 aliphatic heterocycles. The van der Waals surface area contributed by atoms with E-state index in [-0.39, 0.29) is 23.1 Å². The molecule has 8 nitrogen and oxygen atoms in total. The minimum atomic E-state index is -0.154. The number of carbonyl (C=O) groups is 4. The number of methoxy groups -OCH3 is 2. The van der Waals surface area contributed by atoms with E-state index < -0.39 is 0 Å². The van der Waals surface area contributed by atoms with Gasteiger partial charge in [0.2, 0.25) is 0 Å². The topological polar surface area (TPSA) is 105 Å². The second-order valence-electron chi connectivity index (χ2n) is 18.0. The Labute approximate surface area is 442 Å². The highest BCUT2D eigenvalue weighted by Crippen LogP contribution is 2.30. The summed E-state index contributed by atoms with van der Waals surface area (Å²) >= 11 is 0. The van der Waals surface area contributed by atoms with E-state index in [1.807, 2.05) is 147 Å². The number of ether oxygens (including phenoxy) is 4. The van der Waals surface area contributed by atoms with E-state index >= 15 is 0 Å². The summed E-state index contributed by atoms with van der Waals surface area (Å²) in [4.78, 5) is 51.7. The highest BCUT2D eigenvalue weighted by atomic mass is 16.5. The second-order valence-corrected chi connectivity index (χ2v) is 18.0. The largest absolute Gasteiger partial charge is 0.497 e. The number of carbonyl (C=O) groups excluding carboxylic acids is 4. The molecule has 0 radical (unpaired) electrons. The number of hydrogen-bond acceptors (Lipinski definition) is 8. The van der Waals surface area contributed by atoms with E-state index in [2.05, 4.69) is 0 Å². The van der Waals surface area contributed by atoms with Gasteiger partial charge in [0.15, 0.2) is 23.1 Å². The lowest BCUT2D eigenvalue weighted by molar-refractivity contribution is 0.102. The first kappa shape index (κ1) is 51.0. The molecule has 0 bridgehead atoms. The molecule has 0 spiro atoms. The Balaban J connectivity index is 0.000000186. The van der Waals surface area contributed by atoms with Gasteiger partial charge in [0.25, 0.3) is 0 Å². The lowest BCUT2D eigenvalue weighted by atomic mass is 9.97. The van der Waals surface area contributed by atoms with Gasteiger partial charge in [-0.3, -0.25) is 19.2 Å². The standard InChI is InChI=1S/2C34H26O4/c1-23-3-5-26(6-4-23)33(35)27-7-9-28(10-8-27)34(36)29-15-21-32(22-16-29)38-31-19-13-25(14-20-31)24-11-17-30(37-2)18-12-24;1-23-6-8-26(9-7-23)33(35)28-4-3-5-29(22-28)34(36)27-14-20-32(21-15-27)38-31-18-12-25(13-19-31)24-10-16-30(37-2)17-11-24/h2*3-22H,1-2H3. The molecule has 0 heterocycles. The van der Waals surface area contributed by atoms with Gasteiger partial charge in [-0.1, -0.05) is 151 Å². The zero-order chi connectivity index (χ0) is 53.0. The Morgan fingerprint density at radius 1 is 0.250 bits per heavy atom. The van der Waals surface area contributed by atoms with Crippen LogP contribution >= 0.6 is 0 Å². The maximum Gasteiger partial charge on any atom is 0.193 e. The Bertz CT molecular complexity index is 3600. The SMILES string of the molecule is COc1ccc(-c2ccc(Oc3ccc(C(=O)c4ccc(C(=O)c5ccc(C)cc5)cc4)cc3)cc2)cc1.COc1ccc(-c2ccc(Oc3ccc(C(=O)c4cccc(C(=O)c5ccc(C)cc5)c4)cc3)cc2)cc1. The van der Waals surface area contributed by atoms with Crippen LogP contribution in [0.2, 0.25) is 0 Å². The second kappa shape index (κ2) is 23.7. The Morgan fingerprint density at radius 3 is 0.724 bits per heavy atom. The summed E-state index contributed by atoms with van der Waals surface area (Å²) in [5.74, 6) is 3.86. The molecule has 0 unspecified atom stereocenters. The zero-order valence-electron chi connectivity index (χ0n) is 42.4. The zero-order valence-corrected chi connectivity index (χ0v) is 42.4. The number of benzene rings is 10. The lowest BCUT2D eigenvalue weighted by Gasteiger charge is -2.09. The van der Waals surface area contributed by atoms with Crippen LogP contribution in [0.25, 0.3) is 22.3 Å². The summed E-state index contributed by atoms with van der Waals surface area (Å²) in [5, 5.41) is 0. The van der Waals surface area contributed by atoms with Gasteiger partial charge >= 0.3 is 0 Å². The van der Waals surface area contributed by atoms with E-state index in [0.717, 1.165) is 44.9 Å². The maximum absolute atomic E-state index is 13.1. The van der Waals surface area contributed by atoms with Crippen molar-refractivity contribution in [2.24, 2.45) is 0 Å². The number of rotatable bonds is 16. The van der Waals surface area contributed by atoms with Gasteiger partial charge in [-0.25, -0.2) is 0 Å². The molecule has 0 saturated heterocycles. The van der Waals surface area contributed by atoms with Crippen LogP contribution in [0.5, 0.6) is 34.5 Å². The first-order chi connectivity index (χ1) is 37.0. The normalized spacial score (nSPS) is 10.6. The fourth-order valence-corrected chi connectivity index (χ4v) is 8.27. The predicted octanol–water partition coefficient (Wildman–Crippen LogP) is 15.8. The third-order valence-electron chi connectivity index (χ3n) is 12.7. The molecule has 372 valence electrons. The van der Waals surface area contributed by atoms with Gasteiger partial charge < -0.3 is 18.9 Å². The summed E-state index contributed by atoms with van der Waals surface area (Å²) in [5.41, 5.74) is 10.8. The summed E-state index contributed by atoms with van der Waals surface area (Å²) in [6, 6.07) is 74.0. The molecule has 0 aliphatic carbocycles. The molecule has 0 N–H and O–H groups in total. The molecule has 0 atom stereocenters. The molecule has 0 aromatic heterocycles. The Morgan fingerprint density at radius 2 is 0.461 bits per heavy atom. The van der Waals surface area contributed by atoms with E-state index in [9.17, 15) is 19.2 Å². The highest BCUT2D eigenvalue weighted by Gasteiger charge is 2.16. The van der Waals surface area contributed by atoms with Crippen molar-refractivity contribution in [2.75, 3.05) is 14.2 Å². The molecule has 10 rings (SSSR count). The van der Waals surface area contributed by atoms with Gasteiger partial charge in [0.1, 0.15) is 34.5 Å². The average molecular weight is 997 g/mol. The van der Waals surface area contributed by atoms with Gasteiger partial charge in [-0.2, -0.15) is 0 Å². The van der Waals surface area contributed by atoms with Crippen molar-refractivity contribution in [3.05, 3.63) is 298 Å². The van der Waals surface area contributed by atoms with E-state index in [0.29, 0.717) is 67.5 Å². The van der Waals surface area contributed by atoms with E-state index in [1.165, 1.54) is 0 Å². The third kappa shape index (κ3) is 12.6. The van der Waals surface area contributed by atoms with Crippen LogP contribution in [0, 0.1) is 13.8 Å². The van der Waals surface area contributed by atoms with E-state index in [1.54, 1.807) is 123 Å². The number of aryl methyl sites for hydroxylation is 2. The number of hydrogen-bond donors (Lipinski definition) is 0. The van der Waals surface area contributed by atoms with Crippen LogP contribution < -0.4 is 18.9 Å². The van der Waals surface area contributed by atoms with Crippen molar-refractivity contribution >= 4 is 23.1 Å². The molecule has 10 aromatic carbocycles. The van der Waals surface area contributed by atoms with Crippen LogP contribution in [-0.4, -0.2) is 37.4 Å². The third-order valence-corrected chi connectivity index (χ3v) is 12.7. The average Bonchev–Trinajstić information content (AvgIpc) is 3.48. The molecule has 0 aliphatic rings. The Kier molecular flexibility index (Phi) is 15.9. The fraction of sp³-hybridized carbons (Fsp3) is 0.0588. The minimum Gasteiger partial charge on any atom is -0.497 e. The molecule has 8 heteroatoms. The van der Waals surface area contributed by atoms with Crippen molar-refractivity contribution in [1.82, 2.24) is 0 Å². The van der Waals surface area contributed by atoms with Crippen LogP contribution in [0.1, 0.15) is 74.8 Å². The molecule has 0 amide bonds. The van der Waals surface area contributed by atoms with Crippen molar-refractivity contribution in [3.63, 3.8) is 0 Å². The minimum absolute atomic E-state index is 0.0671. The number of ketones is 4. The van der Waals surface area contributed by atoms with Gasteiger partial charge in [-0.05, 0) is 139 Å². The van der Waals surface area contributed by atoms with Crippen LogP contribution in [-0.2, 0) is 0 Å². The molecular weight excluding hydrogens is 945 g/mol. The van der Waals surface area contributed by atoms with Crippen molar-refractivity contribution in [2.45, 2.75) is 13.8 Å². The van der Waals surface area contributed by atoms with Gasteiger partial charge in [-0.15, -0.1) is 0 Å². The Hall–Kier alpha value is -9.92. The van der Waals surface area contributed by atoms with E-state index in [4.69, 9.17) is 18.9 Å². The lowest BCUT2D eigenvalue weighted by Crippen LogP contribution is -2.06. The smallest absolute Gasteiger partial charge is 0.193 e. The van der Waals surface area contributed by atoms with Crippen molar-refractivity contribution in [3.8, 4) is 56.8 Å². The van der Waals surface area contributed by atoms with Crippen LogP contribution in [0.4, 0.5) is 0 Å². The van der Waals surface area contributed by atoms with Crippen molar-refractivity contribution in [1.29, 1.82) is 0 Å². The summed E-state index contributed by atoms with van der Waals surface area (Å²) < 4.78 is 22.4. The highest BCUT2D eigenvalue weighted by molar-refractivity contribution is 6.13. The van der Waals surface area contributed by atoms with Gasteiger partial charge in [0, 0.05) is 44.5 Å². The summed E-state index contributed by atoms with van der Waals surface area (Å²) in [6.07, 6.45) is 0. The molecule has 10 aromatic rings. The molecule has 0 fully saturated rings. The summed E-state index contributed by atoms with van der Waals surface area (Å²) in [6.45, 7) is 3.96. The summed E-state index contributed by atoms with van der Waals surface area (Å²) in [7, 11) is 3.30. The fourth-order valence-electron chi connectivity index (χ4n) is 8.27. The van der Waals surface area contributed by atoms with Crippen LogP contribution in [0.15, 0.2) is 243 Å². The first-order valence-corrected chi connectivity index (χ1v) is 24.6. The molecule has 0 saturated carbocycles. The quantitative estimate of drug-likeness (QED) is 0.0882. The monoisotopic (exact) mass is 996 g/mol. The molecular formula is C68H52O8. The van der Waals surface area contributed by atoms with Crippen molar-refractivity contribution < 1.29 is 38.1 Å². The predicted molar refractivity (Wildman–Crippen MR) is 299 cm³/mol. The maximum atomic E-state index is 13.1.